The lowest BCUT2D eigenvalue weighted by Gasteiger charge is -2.20. The number of carbonyl (C=O) groups excluding carboxylic acids is 1. The maximum Gasteiger partial charge on any atom is 0.416 e. The van der Waals surface area contributed by atoms with Gasteiger partial charge in [0.1, 0.15) is 0 Å². The molecular formula is C14H14BrNO3. The molecule has 0 spiro atoms. The van der Waals surface area contributed by atoms with Crippen LogP contribution in [0.4, 0.5) is 4.79 Å². The molecule has 0 aliphatic rings. The van der Waals surface area contributed by atoms with E-state index in [1.54, 1.807) is 18.2 Å². The fourth-order valence-corrected chi connectivity index (χ4v) is 2.69. The molecule has 100 valence electrons. The molecule has 2 aromatic rings. The molecule has 0 aliphatic heterocycles. The third-order valence-corrected chi connectivity index (χ3v) is 3.48. The number of aldehydes is 1. The number of halogens is 1. The van der Waals surface area contributed by atoms with Crippen LogP contribution in [0.15, 0.2) is 22.7 Å². The van der Waals surface area contributed by atoms with Crippen molar-refractivity contribution in [3.8, 4) is 0 Å². The highest BCUT2D eigenvalue weighted by molar-refractivity contribution is 9.10. The smallest absolute Gasteiger partial charge is 0.416 e. The number of aromatic nitrogens is 1. The maximum absolute atomic E-state index is 11.6. The Morgan fingerprint density at radius 3 is 2.47 bits per heavy atom. The largest absolute Gasteiger partial charge is 0.464 e. The average molecular weight is 324 g/mol. The Morgan fingerprint density at radius 1 is 1.37 bits per heavy atom. The van der Waals surface area contributed by atoms with Gasteiger partial charge in [-0.15, -0.1) is 0 Å². The summed E-state index contributed by atoms with van der Waals surface area (Å²) >= 11 is 3.33. The Balaban J connectivity index is 3.04. The summed E-state index contributed by atoms with van der Waals surface area (Å²) in [4.78, 5) is 22.9. The van der Waals surface area contributed by atoms with Gasteiger partial charge in [0.15, 0.2) is 6.29 Å². The van der Waals surface area contributed by atoms with Crippen molar-refractivity contribution in [2.75, 3.05) is 0 Å². The molecule has 5 heteroatoms. The van der Waals surface area contributed by atoms with E-state index in [9.17, 15) is 14.7 Å². The summed E-state index contributed by atoms with van der Waals surface area (Å²) in [6, 6.07) is 5.28. The van der Waals surface area contributed by atoms with Crippen molar-refractivity contribution in [2.24, 2.45) is 0 Å². The fraction of sp³-hybridized carbons (Fsp3) is 0.286. The van der Waals surface area contributed by atoms with Crippen LogP contribution in [0.1, 0.15) is 36.8 Å². The van der Waals surface area contributed by atoms with Gasteiger partial charge in [-0.2, -0.15) is 0 Å². The highest BCUT2D eigenvalue weighted by Gasteiger charge is 2.29. The van der Waals surface area contributed by atoms with E-state index in [4.69, 9.17) is 0 Å². The lowest BCUT2D eigenvalue weighted by molar-refractivity contribution is 0.112. The topological polar surface area (TPSA) is 59.3 Å². The molecule has 0 aliphatic carbocycles. The Kier molecular flexibility index (Phi) is 3.26. The normalized spacial score (nSPS) is 11.8. The van der Waals surface area contributed by atoms with Gasteiger partial charge >= 0.3 is 6.09 Å². The van der Waals surface area contributed by atoms with Gasteiger partial charge in [0.05, 0.1) is 5.52 Å². The number of benzene rings is 1. The summed E-state index contributed by atoms with van der Waals surface area (Å²) in [6.07, 6.45) is -0.350. The first-order chi connectivity index (χ1) is 8.77. The number of hydrogen-bond donors (Lipinski definition) is 1. The van der Waals surface area contributed by atoms with Gasteiger partial charge in [-0.25, -0.2) is 9.36 Å². The summed E-state index contributed by atoms with van der Waals surface area (Å²) in [7, 11) is 0. The molecule has 1 heterocycles. The summed E-state index contributed by atoms with van der Waals surface area (Å²) in [5.41, 5.74) is 1.04. The predicted molar refractivity (Wildman–Crippen MR) is 77.1 cm³/mol. The highest BCUT2D eigenvalue weighted by atomic mass is 79.9. The zero-order valence-electron chi connectivity index (χ0n) is 10.9. The number of rotatable bonds is 1. The summed E-state index contributed by atoms with van der Waals surface area (Å²) in [6.45, 7) is 5.67. The van der Waals surface area contributed by atoms with E-state index < -0.39 is 11.5 Å². The maximum atomic E-state index is 11.6. The number of fused-ring (bicyclic) bond motifs is 1. The van der Waals surface area contributed by atoms with Gasteiger partial charge in [-0.05, 0) is 12.1 Å². The second kappa shape index (κ2) is 4.49. The van der Waals surface area contributed by atoms with Crippen LogP contribution < -0.4 is 0 Å². The first kappa shape index (κ1) is 13.8. The molecule has 1 N–H and O–H groups in total. The van der Waals surface area contributed by atoms with Crippen LogP contribution in [0.25, 0.3) is 10.9 Å². The van der Waals surface area contributed by atoms with Gasteiger partial charge < -0.3 is 5.11 Å². The van der Waals surface area contributed by atoms with Gasteiger partial charge in [-0.1, -0.05) is 42.8 Å². The average Bonchev–Trinajstić information content (AvgIpc) is 2.61. The van der Waals surface area contributed by atoms with Crippen molar-refractivity contribution in [1.82, 2.24) is 4.57 Å². The monoisotopic (exact) mass is 323 g/mol. The Labute approximate surface area is 119 Å². The molecule has 0 fully saturated rings. The summed E-state index contributed by atoms with van der Waals surface area (Å²) < 4.78 is 1.97. The van der Waals surface area contributed by atoms with E-state index in [0.29, 0.717) is 22.2 Å². The minimum atomic E-state index is -1.08. The van der Waals surface area contributed by atoms with Gasteiger partial charge in [0.2, 0.25) is 0 Å². The zero-order valence-corrected chi connectivity index (χ0v) is 12.5. The second-order valence-corrected chi connectivity index (χ2v) is 6.33. The van der Waals surface area contributed by atoms with E-state index in [0.717, 1.165) is 10.8 Å². The predicted octanol–water partition coefficient (Wildman–Crippen LogP) is 4.04. The van der Waals surface area contributed by atoms with Crippen molar-refractivity contribution >= 4 is 39.2 Å². The van der Waals surface area contributed by atoms with Gasteiger partial charge in [0.25, 0.3) is 0 Å². The molecule has 0 amide bonds. The van der Waals surface area contributed by atoms with Crippen molar-refractivity contribution in [3.05, 3.63) is 33.9 Å². The first-order valence-electron chi connectivity index (χ1n) is 5.80. The van der Waals surface area contributed by atoms with Gasteiger partial charge in [0, 0.05) is 26.5 Å². The van der Waals surface area contributed by atoms with Crippen molar-refractivity contribution in [1.29, 1.82) is 0 Å². The molecule has 0 radical (unpaired) electrons. The van der Waals surface area contributed by atoms with E-state index in [1.807, 2.05) is 20.8 Å². The third-order valence-electron chi connectivity index (χ3n) is 2.99. The van der Waals surface area contributed by atoms with Gasteiger partial charge in [-0.3, -0.25) is 4.79 Å². The van der Waals surface area contributed by atoms with Crippen LogP contribution in [0, 0.1) is 0 Å². The molecule has 0 unspecified atom stereocenters. The minimum absolute atomic E-state index is 0.442. The quantitative estimate of drug-likeness (QED) is 0.806. The SMILES string of the molecule is CC(C)(C)c1c(C=O)c2ccc(Br)cc2n1C(=O)O. The van der Waals surface area contributed by atoms with E-state index >= 15 is 0 Å². The Morgan fingerprint density at radius 2 is 2.00 bits per heavy atom. The third kappa shape index (κ3) is 2.18. The van der Waals surface area contributed by atoms with Crippen LogP contribution in [0.2, 0.25) is 0 Å². The van der Waals surface area contributed by atoms with Crippen molar-refractivity contribution in [3.63, 3.8) is 0 Å². The molecule has 0 saturated heterocycles. The number of nitrogens with zero attached hydrogens (tertiary/aromatic N) is 1. The molecular weight excluding hydrogens is 310 g/mol. The number of carboxylic acid groups (broad SMARTS) is 1. The van der Waals surface area contributed by atoms with Crippen molar-refractivity contribution in [2.45, 2.75) is 26.2 Å². The van der Waals surface area contributed by atoms with Crippen molar-refractivity contribution < 1.29 is 14.7 Å². The van der Waals surface area contributed by atoms with Crippen LogP contribution >= 0.6 is 15.9 Å². The molecule has 4 nitrogen and oxygen atoms in total. The van der Waals surface area contributed by atoms with E-state index in [-0.39, 0.29) is 0 Å². The molecule has 2 rings (SSSR count). The molecule has 0 saturated carbocycles. The summed E-state index contributed by atoms with van der Waals surface area (Å²) in [5.74, 6) is 0. The van der Waals surface area contributed by atoms with E-state index in [2.05, 4.69) is 15.9 Å². The molecule has 19 heavy (non-hydrogen) atoms. The van der Waals surface area contributed by atoms with E-state index in [1.165, 1.54) is 4.57 Å². The molecule has 0 bridgehead atoms. The second-order valence-electron chi connectivity index (χ2n) is 5.41. The van der Waals surface area contributed by atoms with Crippen LogP contribution in [-0.4, -0.2) is 22.1 Å². The summed E-state index contributed by atoms with van der Waals surface area (Å²) in [5, 5.41) is 10.1. The number of hydrogen-bond acceptors (Lipinski definition) is 2. The molecule has 1 aromatic heterocycles. The minimum Gasteiger partial charge on any atom is -0.464 e. The van der Waals surface area contributed by atoms with Crippen LogP contribution in [-0.2, 0) is 5.41 Å². The zero-order chi connectivity index (χ0) is 14.4. The molecule has 0 atom stereocenters. The van der Waals surface area contributed by atoms with Crippen LogP contribution in [0.3, 0.4) is 0 Å². The Hall–Kier alpha value is -1.62. The number of carbonyl (C=O) groups is 2. The Bertz CT molecular complexity index is 680. The highest BCUT2D eigenvalue weighted by Crippen LogP contribution is 2.34. The fourth-order valence-electron chi connectivity index (χ4n) is 2.34. The lowest BCUT2D eigenvalue weighted by Crippen LogP contribution is -2.23. The first-order valence-corrected chi connectivity index (χ1v) is 6.59. The lowest BCUT2D eigenvalue weighted by atomic mass is 9.89. The molecule has 1 aromatic carbocycles. The standard InChI is InChI=1S/C14H14BrNO3/c1-14(2,3)12-10(7-17)9-5-4-8(15)6-11(9)16(12)13(18)19/h4-7H,1-3H3,(H,18,19). The van der Waals surface area contributed by atoms with Crippen LogP contribution in [0.5, 0.6) is 0 Å².